The van der Waals surface area contributed by atoms with Gasteiger partial charge in [0, 0.05) is 0 Å². The summed E-state index contributed by atoms with van der Waals surface area (Å²) in [7, 11) is -4.52. The van der Waals surface area contributed by atoms with Gasteiger partial charge in [0.25, 0.3) is 10.4 Å². The molecule has 0 aromatic heterocycles. The van der Waals surface area contributed by atoms with E-state index in [0.29, 0.717) is 0 Å². The van der Waals surface area contributed by atoms with Crippen molar-refractivity contribution in [1.29, 1.82) is 0 Å². The molecular weight excluding hydrogens is 155 g/mol. The molecule has 0 aromatic rings. The van der Waals surface area contributed by atoms with Crippen LogP contribution in [0.1, 0.15) is 6.92 Å². The van der Waals surface area contributed by atoms with Crippen molar-refractivity contribution in [2.24, 2.45) is 0 Å². The van der Waals surface area contributed by atoms with Crippen LogP contribution in [0.2, 0.25) is 0 Å². The molecular formula is C3H5NaO4S. The predicted molar refractivity (Wildman–Crippen MR) is 25.6 cm³/mol. The SMILES string of the molecule is CC=COS(=O)(=O)[O-].[Na+]. The Kier molecular flexibility index (Phi) is 7.09. The Bertz CT molecular complexity index is 170. The second-order valence-electron chi connectivity index (χ2n) is 0.974. The van der Waals surface area contributed by atoms with Crippen LogP contribution in [0.4, 0.5) is 0 Å². The van der Waals surface area contributed by atoms with Gasteiger partial charge >= 0.3 is 29.6 Å². The van der Waals surface area contributed by atoms with Gasteiger partial charge in [-0.15, -0.1) is 0 Å². The van der Waals surface area contributed by atoms with Crippen molar-refractivity contribution >= 4 is 10.4 Å². The van der Waals surface area contributed by atoms with Crippen LogP contribution in [-0.2, 0) is 14.6 Å². The number of allylic oxidation sites excluding steroid dienone is 1. The Hall–Kier alpha value is 0.450. The second kappa shape index (κ2) is 5.25. The molecule has 9 heavy (non-hydrogen) atoms. The monoisotopic (exact) mass is 160 g/mol. The molecule has 0 bridgehead atoms. The van der Waals surface area contributed by atoms with Gasteiger partial charge in [0.1, 0.15) is 6.26 Å². The molecule has 0 saturated carbocycles. The molecule has 0 spiro atoms. The third-order valence-corrected chi connectivity index (χ3v) is 0.656. The summed E-state index contributed by atoms with van der Waals surface area (Å²) in [5.74, 6) is 0. The average Bonchev–Trinajstić information content (AvgIpc) is 1.59. The average molecular weight is 160 g/mol. The molecule has 4 nitrogen and oxygen atoms in total. The van der Waals surface area contributed by atoms with E-state index in [4.69, 9.17) is 0 Å². The molecule has 0 amide bonds. The zero-order chi connectivity index (χ0) is 6.62. The number of hydrogen-bond acceptors (Lipinski definition) is 4. The summed E-state index contributed by atoms with van der Waals surface area (Å²) >= 11 is 0. The summed E-state index contributed by atoms with van der Waals surface area (Å²) in [6.07, 6.45) is 2.11. The summed E-state index contributed by atoms with van der Waals surface area (Å²) in [6.45, 7) is 1.53. The van der Waals surface area contributed by atoms with Gasteiger partial charge < -0.3 is 8.74 Å². The van der Waals surface area contributed by atoms with Crippen molar-refractivity contribution in [2.45, 2.75) is 6.92 Å². The van der Waals surface area contributed by atoms with Crippen LogP contribution in [0.25, 0.3) is 0 Å². The molecule has 0 unspecified atom stereocenters. The maximum absolute atomic E-state index is 9.56. The van der Waals surface area contributed by atoms with E-state index in [9.17, 15) is 13.0 Å². The van der Waals surface area contributed by atoms with E-state index >= 15 is 0 Å². The minimum absolute atomic E-state index is 0. The smallest absolute Gasteiger partial charge is 0.716 e. The summed E-state index contributed by atoms with van der Waals surface area (Å²) in [6, 6.07) is 0. The van der Waals surface area contributed by atoms with Crippen molar-refractivity contribution in [1.82, 2.24) is 0 Å². The van der Waals surface area contributed by atoms with E-state index < -0.39 is 10.4 Å². The van der Waals surface area contributed by atoms with Gasteiger partial charge in [-0.25, -0.2) is 8.42 Å². The quantitative estimate of drug-likeness (QED) is 0.187. The predicted octanol–water partition coefficient (Wildman–Crippen LogP) is -3.00. The van der Waals surface area contributed by atoms with Crippen LogP contribution in [0.5, 0.6) is 0 Å². The first-order valence-corrected chi connectivity index (χ1v) is 3.15. The minimum Gasteiger partial charge on any atom is -0.716 e. The molecule has 0 atom stereocenters. The molecule has 0 aliphatic rings. The Labute approximate surface area is 76.1 Å². The Morgan fingerprint density at radius 3 is 2.11 bits per heavy atom. The van der Waals surface area contributed by atoms with Crippen LogP contribution in [0, 0.1) is 0 Å². The van der Waals surface area contributed by atoms with Gasteiger partial charge in [-0.2, -0.15) is 0 Å². The third-order valence-electron chi connectivity index (χ3n) is 0.309. The Morgan fingerprint density at radius 2 is 2.00 bits per heavy atom. The molecule has 0 N–H and O–H groups in total. The molecule has 48 valence electrons. The first-order chi connectivity index (χ1) is 3.56. The van der Waals surface area contributed by atoms with Gasteiger partial charge in [0.2, 0.25) is 0 Å². The summed E-state index contributed by atoms with van der Waals surface area (Å²) in [5, 5.41) is 0. The summed E-state index contributed by atoms with van der Waals surface area (Å²) < 4.78 is 32.3. The molecule has 0 saturated heterocycles. The van der Waals surface area contributed by atoms with Gasteiger partial charge in [-0.05, 0) is 6.92 Å². The largest absolute Gasteiger partial charge is 1.00 e. The first kappa shape index (κ1) is 12.2. The van der Waals surface area contributed by atoms with Gasteiger partial charge in [0.05, 0.1) is 0 Å². The van der Waals surface area contributed by atoms with Crippen molar-refractivity contribution < 1.29 is 46.7 Å². The van der Waals surface area contributed by atoms with Gasteiger partial charge in [0.15, 0.2) is 0 Å². The molecule has 0 heterocycles. The molecule has 6 heteroatoms. The molecule has 0 rings (SSSR count). The first-order valence-electron chi connectivity index (χ1n) is 1.81. The van der Waals surface area contributed by atoms with Crippen molar-refractivity contribution in [3.63, 3.8) is 0 Å². The van der Waals surface area contributed by atoms with E-state index in [-0.39, 0.29) is 29.6 Å². The fourth-order valence-electron chi connectivity index (χ4n) is 0.124. The van der Waals surface area contributed by atoms with Crippen LogP contribution < -0.4 is 29.6 Å². The Morgan fingerprint density at radius 1 is 1.56 bits per heavy atom. The second-order valence-corrected chi connectivity index (χ2v) is 1.98. The minimum atomic E-state index is -4.52. The van der Waals surface area contributed by atoms with Crippen LogP contribution in [0.3, 0.4) is 0 Å². The molecule has 0 fully saturated rings. The van der Waals surface area contributed by atoms with E-state index in [1.165, 1.54) is 13.0 Å². The van der Waals surface area contributed by atoms with Crippen molar-refractivity contribution in [2.75, 3.05) is 0 Å². The van der Waals surface area contributed by atoms with Crippen molar-refractivity contribution in [3.8, 4) is 0 Å². The van der Waals surface area contributed by atoms with E-state index in [1.54, 1.807) is 0 Å². The van der Waals surface area contributed by atoms with Crippen LogP contribution in [0.15, 0.2) is 12.3 Å². The van der Waals surface area contributed by atoms with Gasteiger partial charge in [-0.3, -0.25) is 0 Å². The summed E-state index contributed by atoms with van der Waals surface area (Å²) in [5.41, 5.74) is 0. The van der Waals surface area contributed by atoms with Crippen LogP contribution in [-0.4, -0.2) is 13.0 Å². The molecule has 0 aromatic carbocycles. The maximum Gasteiger partial charge on any atom is 1.00 e. The fourth-order valence-corrected chi connectivity index (χ4v) is 0.371. The fraction of sp³-hybridized carbons (Fsp3) is 0.333. The number of hydrogen-bond donors (Lipinski definition) is 0. The maximum atomic E-state index is 9.56. The zero-order valence-electron chi connectivity index (χ0n) is 5.20. The van der Waals surface area contributed by atoms with E-state index in [1.807, 2.05) is 0 Å². The molecule has 0 radical (unpaired) electrons. The van der Waals surface area contributed by atoms with E-state index in [0.717, 1.165) is 6.26 Å². The zero-order valence-corrected chi connectivity index (χ0v) is 8.01. The van der Waals surface area contributed by atoms with Gasteiger partial charge in [-0.1, -0.05) is 6.08 Å². The molecule has 0 aliphatic carbocycles. The van der Waals surface area contributed by atoms with Crippen LogP contribution >= 0.6 is 0 Å². The molecule has 0 aliphatic heterocycles. The summed E-state index contributed by atoms with van der Waals surface area (Å²) in [4.78, 5) is 0. The topological polar surface area (TPSA) is 66.4 Å². The normalized spacial score (nSPS) is 10.9. The standard InChI is InChI=1S/C3H6O4S.Na/c1-2-3-7-8(4,5)6;/h2-3H,1H3,(H,4,5,6);/q;+1/p-1. The Balaban J connectivity index is 0. The van der Waals surface area contributed by atoms with Crippen molar-refractivity contribution in [3.05, 3.63) is 12.3 Å². The number of rotatable bonds is 2. The third kappa shape index (κ3) is 11.8. The van der Waals surface area contributed by atoms with E-state index in [2.05, 4.69) is 4.18 Å².